The van der Waals surface area contributed by atoms with Gasteiger partial charge >= 0.3 is 6.03 Å². The molecule has 0 aliphatic carbocycles. The summed E-state index contributed by atoms with van der Waals surface area (Å²) in [7, 11) is 1.59. The van der Waals surface area contributed by atoms with Crippen LogP contribution < -0.4 is 20.7 Å². The highest BCUT2D eigenvalue weighted by Crippen LogP contribution is 2.22. The summed E-state index contributed by atoms with van der Waals surface area (Å²) in [5.74, 6) is 0.539. The molecule has 0 atom stereocenters. The standard InChI is InChI=1S/C23H27BrN4O4/c1-32-18-8-6-17(7-9-18)26-22(30)16-11-14-28(15-12-16)21(29)10-13-25-23(31)27-20-5-3-2-4-19(20)24/h2-9,16H,10-15H2,1H3,(H,26,30)(H2,25,27,31). The molecule has 4 amide bonds. The smallest absolute Gasteiger partial charge is 0.319 e. The minimum Gasteiger partial charge on any atom is -0.497 e. The zero-order valence-corrected chi connectivity index (χ0v) is 19.5. The molecule has 0 saturated carbocycles. The predicted molar refractivity (Wildman–Crippen MR) is 127 cm³/mol. The third kappa shape index (κ3) is 6.71. The number of hydrogen-bond donors (Lipinski definition) is 3. The Morgan fingerprint density at radius 3 is 2.38 bits per heavy atom. The third-order valence-corrected chi connectivity index (χ3v) is 6.01. The number of amides is 4. The second-order valence-corrected chi connectivity index (χ2v) is 8.34. The van der Waals surface area contributed by atoms with Crippen LogP contribution in [0.5, 0.6) is 5.75 Å². The number of anilines is 2. The summed E-state index contributed by atoms with van der Waals surface area (Å²) < 4.78 is 5.90. The van der Waals surface area contributed by atoms with Gasteiger partial charge in [0.1, 0.15) is 5.75 Å². The van der Waals surface area contributed by atoms with Crippen molar-refractivity contribution in [3.8, 4) is 5.75 Å². The van der Waals surface area contributed by atoms with Crippen molar-refractivity contribution in [1.29, 1.82) is 0 Å². The zero-order valence-electron chi connectivity index (χ0n) is 17.9. The summed E-state index contributed by atoms with van der Waals surface area (Å²) in [6.45, 7) is 1.30. The lowest BCUT2D eigenvalue weighted by Gasteiger charge is -2.31. The van der Waals surface area contributed by atoms with Gasteiger partial charge in [0, 0.05) is 42.1 Å². The fraction of sp³-hybridized carbons (Fsp3) is 0.348. The number of hydrogen-bond acceptors (Lipinski definition) is 4. The van der Waals surface area contributed by atoms with E-state index in [0.29, 0.717) is 31.6 Å². The minimum absolute atomic E-state index is 0.0276. The molecular weight excluding hydrogens is 476 g/mol. The van der Waals surface area contributed by atoms with Crippen LogP contribution in [0.15, 0.2) is 53.0 Å². The van der Waals surface area contributed by atoms with E-state index < -0.39 is 0 Å². The van der Waals surface area contributed by atoms with Gasteiger partial charge < -0.3 is 25.6 Å². The Balaban J connectivity index is 1.36. The number of carbonyl (C=O) groups excluding carboxylic acids is 3. The van der Waals surface area contributed by atoms with Crippen LogP contribution >= 0.6 is 15.9 Å². The van der Waals surface area contributed by atoms with Crippen molar-refractivity contribution in [2.75, 3.05) is 37.4 Å². The van der Waals surface area contributed by atoms with Crippen LogP contribution in [0.2, 0.25) is 0 Å². The second kappa shape index (κ2) is 11.5. The molecule has 3 rings (SSSR count). The van der Waals surface area contributed by atoms with Gasteiger partial charge in [0.25, 0.3) is 0 Å². The number of methoxy groups -OCH3 is 1. The van der Waals surface area contributed by atoms with Crippen LogP contribution in [0.3, 0.4) is 0 Å². The molecule has 9 heteroatoms. The van der Waals surface area contributed by atoms with Gasteiger partial charge in [-0.3, -0.25) is 9.59 Å². The van der Waals surface area contributed by atoms with Crippen LogP contribution in [0.25, 0.3) is 0 Å². The quantitative estimate of drug-likeness (QED) is 0.535. The van der Waals surface area contributed by atoms with Crippen LogP contribution in [0.4, 0.5) is 16.2 Å². The van der Waals surface area contributed by atoms with E-state index in [-0.39, 0.29) is 36.7 Å². The number of urea groups is 1. The number of rotatable bonds is 7. The van der Waals surface area contributed by atoms with Gasteiger partial charge in [-0.2, -0.15) is 0 Å². The molecule has 1 aliphatic rings. The van der Waals surface area contributed by atoms with Gasteiger partial charge in [0.05, 0.1) is 12.8 Å². The molecule has 0 aromatic heterocycles. The van der Waals surface area contributed by atoms with E-state index in [1.807, 2.05) is 18.2 Å². The molecule has 0 spiro atoms. The largest absolute Gasteiger partial charge is 0.497 e. The van der Waals surface area contributed by atoms with E-state index in [2.05, 4.69) is 31.9 Å². The Hall–Kier alpha value is -3.07. The highest BCUT2D eigenvalue weighted by atomic mass is 79.9. The number of halogens is 1. The molecule has 1 aliphatic heterocycles. The first-order valence-corrected chi connectivity index (χ1v) is 11.3. The highest BCUT2D eigenvalue weighted by molar-refractivity contribution is 9.10. The molecule has 0 bridgehead atoms. The van der Waals surface area contributed by atoms with Crippen molar-refractivity contribution in [2.24, 2.45) is 5.92 Å². The number of benzene rings is 2. The van der Waals surface area contributed by atoms with Crippen molar-refractivity contribution >= 4 is 45.2 Å². The van der Waals surface area contributed by atoms with Crippen LogP contribution in [-0.2, 0) is 9.59 Å². The Kier molecular flexibility index (Phi) is 8.49. The molecule has 170 valence electrons. The number of ether oxygens (including phenoxy) is 1. The highest BCUT2D eigenvalue weighted by Gasteiger charge is 2.27. The molecule has 2 aromatic rings. The van der Waals surface area contributed by atoms with Gasteiger partial charge in [-0.05, 0) is 65.2 Å². The first-order valence-electron chi connectivity index (χ1n) is 10.5. The maximum Gasteiger partial charge on any atom is 0.319 e. The molecule has 2 aromatic carbocycles. The Morgan fingerprint density at radius 1 is 1.03 bits per heavy atom. The molecule has 1 fully saturated rings. The fourth-order valence-electron chi connectivity index (χ4n) is 3.48. The molecule has 32 heavy (non-hydrogen) atoms. The van der Waals surface area contributed by atoms with Crippen molar-refractivity contribution in [3.63, 3.8) is 0 Å². The number of nitrogens with zero attached hydrogens (tertiary/aromatic N) is 1. The summed E-state index contributed by atoms with van der Waals surface area (Å²) in [5, 5.41) is 8.36. The van der Waals surface area contributed by atoms with Crippen LogP contribution in [0, 0.1) is 5.92 Å². The number of piperidine rings is 1. The van der Waals surface area contributed by atoms with Gasteiger partial charge in [-0.15, -0.1) is 0 Å². The third-order valence-electron chi connectivity index (χ3n) is 5.32. The molecule has 1 saturated heterocycles. The topological polar surface area (TPSA) is 99.8 Å². The van der Waals surface area contributed by atoms with Gasteiger partial charge in [0.15, 0.2) is 0 Å². The SMILES string of the molecule is COc1ccc(NC(=O)C2CCN(C(=O)CCNC(=O)Nc3ccccc3Br)CC2)cc1. The average molecular weight is 503 g/mol. The fourth-order valence-corrected chi connectivity index (χ4v) is 3.86. The van der Waals surface area contributed by atoms with Gasteiger partial charge in [-0.25, -0.2) is 4.79 Å². The van der Waals surface area contributed by atoms with Crippen LogP contribution in [-0.4, -0.2) is 49.5 Å². The maximum absolute atomic E-state index is 12.5. The van der Waals surface area contributed by atoms with E-state index in [4.69, 9.17) is 4.74 Å². The van der Waals surface area contributed by atoms with Crippen molar-refractivity contribution in [2.45, 2.75) is 19.3 Å². The number of likely N-dealkylation sites (tertiary alicyclic amines) is 1. The normalized spacial score (nSPS) is 13.9. The lowest BCUT2D eigenvalue weighted by molar-refractivity contribution is -0.134. The summed E-state index contributed by atoms with van der Waals surface area (Å²) in [6.07, 6.45) is 1.44. The molecule has 8 nitrogen and oxygen atoms in total. The first kappa shape index (κ1) is 23.6. The number of nitrogens with one attached hydrogen (secondary N) is 3. The second-order valence-electron chi connectivity index (χ2n) is 7.48. The first-order chi connectivity index (χ1) is 15.5. The molecule has 3 N–H and O–H groups in total. The number of para-hydroxylation sites is 1. The van der Waals surface area contributed by atoms with Crippen LogP contribution in [0.1, 0.15) is 19.3 Å². The molecule has 0 unspecified atom stereocenters. The summed E-state index contributed by atoms with van der Waals surface area (Å²) in [4.78, 5) is 38.7. The van der Waals surface area contributed by atoms with Gasteiger partial charge in [-0.1, -0.05) is 12.1 Å². The zero-order chi connectivity index (χ0) is 22.9. The van der Waals surface area contributed by atoms with Gasteiger partial charge in [0.2, 0.25) is 11.8 Å². The Bertz CT molecular complexity index is 943. The monoisotopic (exact) mass is 502 g/mol. The summed E-state index contributed by atoms with van der Waals surface area (Å²) in [5.41, 5.74) is 1.38. The summed E-state index contributed by atoms with van der Waals surface area (Å²) in [6, 6.07) is 14.1. The lowest BCUT2D eigenvalue weighted by Crippen LogP contribution is -2.42. The molecular formula is C23H27BrN4O4. The van der Waals surface area contributed by atoms with E-state index in [0.717, 1.165) is 15.9 Å². The maximum atomic E-state index is 12.5. The van der Waals surface area contributed by atoms with E-state index in [1.165, 1.54) is 0 Å². The van der Waals surface area contributed by atoms with Crippen molar-refractivity contribution < 1.29 is 19.1 Å². The van der Waals surface area contributed by atoms with E-state index in [1.54, 1.807) is 42.3 Å². The summed E-state index contributed by atoms with van der Waals surface area (Å²) >= 11 is 3.37. The molecule has 0 radical (unpaired) electrons. The van der Waals surface area contributed by atoms with E-state index in [9.17, 15) is 14.4 Å². The van der Waals surface area contributed by atoms with Crippen molar-refractivity contribution in [3.05, 3.63) is 53.0 Å². The predicted octanol–water partition coefficient (Wildman–Crippen LogP) is 3.85. The van der Waals surface area contributed by atoms with E-state index >= 15 is 0 Å². The average Bonchev–Trinajstić information content (AvgIpc) is 2.81. The lowest BCUT2D eigenvalue weighted by atomic mass is 9.95. The minimum atomic E-state index is -0.362. The number of carbonyl (C=O) groups is 3. The Labute approximate surface area is 195 Å². The van der Waals surface area contributed by atoms with Crippen molar-refractivity contribution in [1.82, 2.24) is 10.2 Å². The Morgan fingerprint density at radius 2 is 1.72 bits per heavy atom. The molecule has 1 heterocycles.